The molecule has 1 amide bonds. The van der Waals surface area contributed by atoms with Crippen LogP contribution in [-0.4, -0.2) is 51.4 Å². The lowest BCUT2D eigenvalue weighted by molar-refractivity contribution is -0.124. The number of rotatable bonds is 5. The number of amides is 1. The summed E-state index contributed by atoms with van der Waals surface area (Å²) < 4.78 is 10.8. The average Bonchev–Trinajstić information content (AvgIpc) is 3.10. The van der Waals surface area contributed by atoms with Gasteiger partial charge in [0.05, 0.1) is 18.8 Å². The number of methoxy groups -OCH3 is 1. The van der Waals surface area contributed by atoms with Gasteiger partial charge in [-0.05, 0) is 37.3 Å². The molecule has 3 N–H and O–H groups in total. The molecule has 0 radical (unpaired) electrons. The predicted octanol–water partition coefficient (Wildman–Crippen LogP) is 1.14. The molecule has 6 nitrogen and oxygen atoms in total. The van der Waals surface area contributed by atoms with Crippen molar-refractivity contribution in [1.29, 1.82) is 0 Å². The van der Waals surface area contributed by atoms with Crippen LogP contribution in [0.4, 0.5) is 5.69 Å². The lowest BCUT2D eigenvalue weighted by Gasteiger charge is -2.28. The second kappa shape index (κ2) is 7.85. The largest absolute Gasteiger partial charge is 0.495 e. The number of carbonyl (C=O) groups is 1. The van der Waals surface area contributed by atoms with Crippen molar-refractivity contribution in [2.24, 2.45) is 11.7 Å². The molecule has 0 saturated carbocycles. The zero-order valence-corrected chi connectivity index (χ0v) is 14.2. The minimum atomic E-state index is -0.436. The Hall–Kier alpha value is -1.79. The second-order valence-electron chi connectivity index (χ2n) is 6.59. The number of nitrogens with one attached hydrogen (secondary N) is 1. The van der Waals surface area contributed by atoms with Crippen molar-refractivity contribution in [2.75, 3.05) is 38.3 Å². The Morgan fingerprint density at radius 1 is 1.33 bits per heavy atom. The van der Waals surface area contributed by atoms with E-state index in [1.165, 1.54) is 0 Å². The fraction of sp³-hybridized carbons (Fsp3) is 0.611. The Labute approximate surface area is 143 Å². The van der Waals surface area contributed by atoms with Gasteiger partial charge < -0.3 is 25.4 Å². The first-order chi connectivity index (χ1) is 11.7. The molecular weight excluding hydrogens is 306 g/mol. The first kappa shape index (κ1) is 17.0. The Morgan fingerprint density at radius 2 is 2.08 bits per heavy atom. The summed E-state index contributed by atoms with van der Waals surface area (Å²) in [7, 11) is 1.68. The summed E-state index contributed by atoms with van der Waals surface area (Å²) in [5.74, 6) is 1.06. The van der Waals surface area contributed by atoms with Crippen molar-refractivity contribution in [3.8, 4) is 5.75 Å². The normalized spacial score (nSPS) is 23.1. The van der Waals surface area contributed by atoms with Gasteiger partial charge in [0.2, 0.25) is 5.91 Å². The summed E-state index contributed by atoms with van der Waals surface area (Å²) in [6.07, 6.45) is 2.66. The molecule has 0 aliphatic carbocycles. The van der Waals surface area contributed by atoms with E-state index in [1.807, 2.05) is 18.2 Å². The van der Waals surface area contributed by atoms with Gasteiger partial charge in [-0.15, -0.1) is 0 Å². The van der Waals surface area contributed by atoms with Gasteiger partial charge >= 0.3 is 0 Å². The van der Waals surface area contributed by atoms with Gasteiger partial charge in [0.15, 0.2) is 0 Å². The highest BCUT2D eigenvalue weighted by Crippen LogP contribution is 2.30. The first-order valence-corrected chi connectivity index (χ1v) is 8.70. The van der Waals surface area contributed by atoms with Crippen molar-refractivity contribution < 1.29 is 14.3 Å². The van der Waals surface area contributed by atoms with Crippen LogP contribution in [0.3, 0.4) is 0 Å². The van der Waals surface area contributed by atoms with Crippen LogP contribution in [0, 0.1) is 5.92 Å². The molecule has 0 bridgehead atoms. The van der Waals surface area contributed by atoms with Crippen molar-refractivity contribution >= 4 is 11.6 Å². The molecule has 2 saturated heterocycles. The molecule has 2 heterocycles. The fourth-order valence-electron chi connectivity index (χ4n) is 3.57. The molecule has 0 spiro atoms. The second-order valence-corrected chi connectivity index (χ2v) is 6.59. The van der Waals surface area contributed by atoms with Crippen molar-refractivity contribution in [1.82, 2.24) is 5.32 Å². The van der Waals surface area contributed by atoms with Gasteiger partial charge in [0, 0.05) is 32.3 Å². The molecule has 2 atom stereocenters. The van der Waals surface area contributed by atoms with E-state index < -0.39 is 6.04 Å². The van der Waals surface area contributed by atoms with Gasteiger partial charge in [-0.2, -0.15) is 0 Å². The number of nitrogens with zero attached hydrogens (tertiary/aromatic N) is 1. The predicted molar refractivity (Wildman–Crippen MR) is 93.3 cm³/mol. The molecular formula is C18H27N3O3. The minimum Gasteiger partial charge on any atom is -0.495 e. The Kier molecular flexibility index (Phi) is 5.58. The summed E-state index contributed by atoms with van der Waals surface area (Å²) >= 11 is 0. The average molecular weight is 333 g/mol. The van der Waals surface area contributed by atoms with Crippen LogP contribution >= 0.6 is 0 Å². The van der Waals surface area contributed by atoms with Crippen LogP contribution in [0.5, 0.6) is 5.75 Å². The summed E-state index contributed by atoms with van der Waals surface area (Å²) in [6, 6.07) is 7.68. The summed E-state index contributed by atoms with van der Waals surface area (Å²) in [4.78, 5) is 14.7. The van der Waals surface area contributed by atoms with E-state index in [9.17, 15) is 4.79 Å². The lowest BCUT2D eigenvalue weighted by atomic mass is 9.91. The van der Waals surface area contributed by atoms with E-state index in [0.29, 0.717) is 13.2 Å². The summed E-state index contributed by atoms with van der Waals surface area (Å²) in [5.41, 5.74) is 7.23. The van der Waals surface area contributed by atoms with Crippen LogP contribution in [0.1, 0.15) is 19.3 Å². The number of anilines is 1. The van der Waals surface area contributed by atoms with Crippen LogP contribution in [-0.2, 0) is 9.53 Å². The first-order valence-electron chi connectivity index (χ1n) is 8.70. The summed E-state index contributed by atoms with van der Waals surface area (Å²) in [5, 5.41) is 3.13. The molecule has 0 aromatic heterocycles. The topological polar surface area (TPSA) is 76.8 Å². The Bertz CT molecular complexity index is 560. The summed E-state index contributed by atoms with van der Waals surface area (Å²) in [6.45, 7) is 3.09. The molecule has 2 aliphatic rings. The van der Waals surface area contributed by atoms with Gasteiger partial charge in [-0.1, -0.05) is 12.1 Å². The van der Waals surface area contributed by atoms with E-state index >= 15 is 0 Å². The smallest absolute Gasteiger partial charge is 0.237 e. The third-order valence-electron chi connectivity index (χ3n) is 5.04. The molecule has 2 fully saturated rings. The number of ether oxygens (including phenoxy) is 2. The number of hydrogen-bond donors (Lipinski definition) is 2. The SMILES string of the molecule is COc1ccccc1N1CCC(NC(=O)C(N)C2CCOCC2)C1. The van der Waals surface area contributed by atoms with Gasteiger partial charge in [-0.3, -0.25) is 4.79 Å². The minimum absolute atomic E-state index is 0.0335. The molecule has 3 rings (SSSR count). The Morgan fingerprint density at radius 3 is 2.83 bits per heavy atom. The third kappa shape index (κ3) is 3.82. The van der Waals surface area contributed by atoms with E-state index in [2.05, 4.69) is 16.3 Å². The quantitative estimate of drug-likeness (QED) is 0.845. The maximum Gasteiger partial charge on any atom is 0.237 e. The Balaban J connectivity index is 1.55. The van der Waals surface area contributed by atoms with Crippen molar-refractivity contribution in [3.05, 3.63) is 24.3 Å². The molecule has 1 aromatic rings. The highest BCUT2D eigenvalue weighted by molar-refractivity contribution is 5.82. The monoisotopic (exact) mass is 333 g/mol. The maximum absolute atomic E-state index is 12.4. The molecule has 24 heavy (non-hydrogen) atoms. The van der Waals surface area contributed by atoms with E-state index in [1.54, 1.807) is 7.11 Å². The molecule has 1 aromatic carbocycles. The maximum atomic E-state index is 12.4. The molecule has 2 unspecified atom stereocenters. The van der Waals surface area contributed by atoms with Gasteiger partial charge in [0.1, 0.15) is 5.75 Å². The van der Waals surface area contributed by atoms with Crippen LogP contribution in [0.2, 0.25) is 0 Å². The van der Waals surface area contributed by atoms with Crippen LogP contribution in [0.25, 0.3) is 0 Å². The molecule has 132 valence electrons. The van der Waals surface area contributed by atoms with Gasteiger partial charge in [-0.25, -0.2) is 0 Å². The van der Waals surface area contributed by atoms with Crippen molar-refractivity contribution in [3.63, 3.8) is 0 Å². The standard InChI is InChI=1S/C18H27N3O3/c1-23-16-5-3-2-4-15(16)21-9-6-14(12-21)20-18(22)17(19)13-7-10-24-11-8-13/h2-5,13-14,17H,6-12,19H2,1H3,(H,20,22). The van der Waals surface area contributed by atoms with Crippen LogP contribution in [0.15, 0.2) is 24.3 Å². The van der Waals surface area contributed by atoms with E-state index in [0.717, 1.165) is 43.8 Å². The number of benzene rings is 1. The van der Waals surface area contributed by atoms with E-state index in [4.69, 9.17) is 15.2 Å². The zero-order valence-electron chi connectivity index (χ0n) is 14.2. The fourth-order valence-corrected chi connectivity index (χ4v) is 3.57. The number of carbonyl (C=O) groups excluding carboxylic acids is 1. The van der Waals surface area contributed by atoms with Gasteiger partial charge in [0.25, 0.3) is 0 Å². The highest BCUT2D eigenvalue weighted by atomic mass is 16.5. The third-order valence-corrected chi connectivity index (χ3v) is 5.04. The number of hydrogen-bond acceptors (Lipinski definition) is 5. The molecule has 6 heteroatoms. The number of nitrogens with two attached hydrogens (primary N) is 1. The highest BCUT2D eigenvalue weighted by Gasteiger charge is 2.30. The molecule has 2 aliphatic heterocycles. The lowest BCUT2D eigenvalue weighted by Crippen LogP contribution is -2.50. The van der Waals surface area contributed by atoms with Crippen molar-refractivity contribution in [2.45, 2.75) is 31.3 Å². The van der Waals surface area contributed by atoms with Crippen LogP contribution < -0.4 is 20.7 Å². The zero-order chi connectivity index (χ0) is 16.9. The number of para-hydroxylation sites is 2. The van der Waals surface area contributed by atoms with E-state index in [-0.39, 0.29) is 17.9 Å².